The van der Waals surface area contributed by atoms with Gasteiger partial charge in [0.15, 0.2) is 0 Å². The monoisotopic (exact) mass is 352 g/mol. The topological polar surface area (TPSA) is 84.8 Å². The molecule has 0 aliphatic rings. The fourth-order valence-electron chi connectivity index (χ4n) is 2.46. The second kappa shape index (κ2) is 9.36. The van der Waals surface area contributed by atoms with Crippen molar-refractivity contribution in [3.63, 3.8) is 0 Å². The van der Waals surface area contributed by atoms with Crippen LogP contribution in [0, 0.1) is 0 Å². The number of aliphatic carboxylic acids is 1. The third kappa shape index (κ3) is 5.44. The van der Waals surface area contributed by atoms with Crippen LogP contribution >= 0.6 is 0 Å². The van der Waals surface area contributed by atoms with E-state index in [9.17, 15) is 14.7 Å². The number of aliphatic imine (C=N–C) groups is 1. The second-order valence-electron chi connectivity index (χ2n) is 5.62. The van der Waals surface area contributed by atoms with E-state index in [1.165, 1.54) is 5.69 Å². The molecule has 6 heteroatoms. The summed E-state index contributed by atoms with van der Waals surface area (Å²) in [6.45, 7) is 5.67. The first-order valence-corrected chi connectivity index (χ1v) is 8.50. The van der Waals surface area contributed by atoms with Crippen LogP contribution in [0.5, 0.6) is 0 Å². The Morgan fingerprint density at radius 3 is 2.19 bits per heavy atom. The van der Waals surface area contributed by atoms with Crippen LogP contribution in [0.4, 0.5) is 11.4 Å². The van der Waals surface area contributed by atoms with Crippen LogP contribution in [0.1, 0.15) is 29.8 Å². The van der Waals surface area contributed by atoms with Crippen molar-refractivity contribution in [3.8, 4) is 0 Å². The minimum absolute atomic E-state index is 0.369. The van der Waals surface area contributed by atoms with Gasteiger partial charge in [-0.15, -0.1) is 0 Å². The van der Waals surface area contributed by atoms with E-state index < -0.39 is 18.4 Å². The largest absolute Gasteiger partial charge is 0.548 e. The molecular formula is C20H22N3O3-. The maximum atomic E-state index is 11.7. The summed E-state index contributed by atoms with van der Waals surface area (Å²) in [5.41, 5.74) is 3.24. The molecular weight excluding hydrogens is 330 g/mol. The Bertz CT molecular complexity index is 764. The van der Waals surface area contributed by atoms with Gasteiger partial charge in [0.2, 0.25) is 0 Å². The van der Waals surface area contributed by atoms with Gasteiger partial charge in [-0.2, -0.15) is 0 Å². The van der Waals surface area contributed by atoms with Gasteiger partial charge in [0.25, 0.3) is 5.91 Å². The number of amides is 1. The lowest BCUT2D eigenvalue weighted by atomic mass is 10.2. The fourth-order valence-corrected chi connectivity index (χ4v) is 2.46. The smallest absolute Gasteiger partial charge is 0.251 e. The molecule has 0 radical (unpaired) electrons. The Hall–Kier alpha value is -3.15. The first-order valence-electron chi connectivity index (χ1n) is 8.50. The number of hydrogen-bond donors (Lipinski definition) is 1. The van der Waals surface area contributed by atoms with E-state index in [0.717, 1.165) is 18.7 Å². The zero-order valence-electron chi connectivity index (χ0n) is 14.9. The number of hydrogen-bond acceptors (Lipinski definition) is 5. The number of nitrogens with one attached hydrogen (secondary N) is 1. The molecule has 0 heterocycles. The third-order valence-corrected chi connectivity index (χ3v) is 3.91. The number of benzene rings is 2. The van der Waals surface area contributed by atoms with Crippen molar-refractivity contribution in [1.29, 1.82) is 0 Å². The molecule has 0 aromatic heterocycles. The summed E-state index contributed by atoms with van der Waals surface area (Å²) in [4.78, 5) is 28.7. The van der Waals surface area contributed by atoms with E-state index in [1.807, 2.05) is 12.1 Å². The molecule has 2 aromatic carbocycles. The van der Waals surface area contributed by atoms with Crippen LogP contribution in [0.3, 0.4) is 0 Å². The summed E-state index contributed by atoms with van der Waals surface area (Å²) >= 11 is 0. The lowest BCUT2D eigenvalue weighted by Crippen LogP contribution is -2.37. The van der Waals surface area contributed by atoms with Crippen molar-refractivity contribution in [2.75, 3.05) is 24.5 Å². The summed E-state index contributed by atoms with van der Waals surface area (Å²) in [5.74, 6) is -1.79. The number of anilines is 1. The van der Waals surface area contributed by atoms with E-state index in [4.69, 9.17) is 0 Å². The predicted octanol–water partition coefficient (Wildman–Crippen LogP) is 1.76. The summed E-state index contributed by atoms with van der Waals surface area (Å²) in [6, 6.07) is 14.8. The highest BCUT2D eigenvalue weighted by Gasteiger charge is 2.04. The molecule has 0 fully saturated rings. The molecule has 1 N–H and O–H groups in total. The summed E-state index contributed by atoms with van der Waals surface area (Å²) in [5, 5.41) is 12.6. The Labute approximate surface area is 153 Å². The Morgan fingerprint density at radius 2 is 1.65 bits per heavy atom. The van der Waals surface area contributed by atoms with Gasteiger partial charge in [-0.05, 0) is 55.8 Å². The van der Waals surface area contributed by atoms with Crippen LogP contribution in [0.15, 0.2) is 53.5 Å². The highest BCUT2D eigenvalue weighted by Crippen LogP contribution is 2.16. The highest BCUT2D eigenvalue weighted by atomic mass is 16.4. The molecule has 0 bridgehead atoms. The average Bonchev–Trinajstić information content (AvgIpc) is 2.67. The van der Waals surface area contributed by atoms with Crippen LogP contribution in [-0.2, 0) is 4.79 Å². The van der Waals surface area contributed by atoms with E-state index in [0.29, 0.717) is 11.3 Å². The summed E-state index contributed by atoms with van der Waals surface area (Å²) in [6.07, 6.45) is 1.76. The van der Waals surface area contributed by atoms with Crippen LogP contribution in [-0.4, -0.2) is 37.7 Å². The molecule has 0 atom stereocenters. The van der Waals surface area contributed by atoms with Gasteiger partial charge in [-0.1, -0.05) is 12.1 Å². The number of rotatable bonds is 8. The minimum Gasteiger partial charge on any atom is -0.548 e. The van der Waals surface area contributed by atoms with Gasteiger partial charge >= 0.3 is 0 Å². The number of carbonyl (C=O) groups excluding carboxylic acids is 2. The Morgan fingerprint density at radius 1 is 1.04 bits per heavy atom. The van der Waals surface area contributed by atoms with Crippen LogP contribution in [0.25, 0.3) is 0 Å². The second-order valence-corrected chi connectivity index (χ2v) is 5.62. The van der Waals surface area contributed by atoms with Gasteiger partial charge in [0.1, 0.15) is 0 Å². The van der Waals surface area contributed by atoms with E-state index in [2.05, 4.69) is 41.2 Å². The van der Waals surface area contributed by atoms with Crippen LogP contribution in [0.2, 0.25) is 0 Å². The van der Waals surface area contributed by atoms with E-state index in [-0.39, 0.29) is 0 Å². The molecule has 0 saturated heterocycles. The Balaban J connectivity index is 2.00. The number of nitrogens with zero attached hydrogens (tertiary/aromatic N) is 2. The van der Waals surface area contributed by atoms with Crippen molar-refractivity contribution in [1.82, 2.24) is 5.32 Å². The number of carbonyl (C=O) groups is 2. The van der Waals surface area contributed by atoms with E-state index in [1.54, 1.807) is 30.5 Å². The maximum Gasteiger partial charge on any atom is 0.251 e. The lowest BCUT2D eigenvalue weighted by molar-refractivity contribution is -0.303. The fraction of sp³-hybridized carbons (Fsp3) is 0.250. The standard InChI is InChI=1S/C20H23N3O3/c1-3-23(4-2)18-11-5-15(6-12-18)13-21-17-9-7-16(8-10-17)20(26)22-14-19(24)25/h5-13H,3-4,14H2,1-2H3,(H,22,26)(H,24,25)/p-1. The molecule has 0 saturated carbocycles. The number of carboxylic acids is 1. The molecule has 26 heavy (non-hydrogen) atoms. The third-order valence-electron chi connectivity index (χ3n) is 3.91. The SMILES string of the molecule is CCN(CC)c1ccc(C=Nc2ccc(C(=O)NCC(=O)[O-])cc2)cc1. The van der Waals surface area contributed by atoms with Crippen molar-refractivity contribution in [2.45, 2.75) is 13.8 Å². The van der Waals surface area contributed by atoms with Crippen LogP contribution < -0.4 is 15.3 Å². The zero-order chi connectivity index (χ0) is 18.9. The first kappa shape index (κ1) is 19.2. The molecule has 1 amide bonds. The highest BCUT2D eigenvalue weighted by molar-refractivity contribution is 5.96. The first-order chi connectivity index (χ1) is 12.5. The van der Waals surface area contributed by atoms with Gasteiger partial charge in [-0.3, -0.25) is 9.79 Å². The number of carboxylic acid groups (broad SMARTS) is 1. The van der Waals surface area contributed by atoms with Gasteiger partial charge in [-0.25, -0.2) is 0 Å². The minimum atomic E-state index is -1.33. The van der Waals surface area contributed by atoms with Crippen molar-refractivity contribution >= 4 is 29.5 Å². The molecule has 0 aliphatic carbocycles. The molecule has 0 unspecified atom stereocenters. The van der Waals surface area contributed by atoms with Crippen molar-refractivity contribution in [2.24, 2.45) is 4.99 Å². The lowest BCUT2D eigenvalue weighted by Gasteiger charge is -2.20. The molecule has 2 aromatic rings. The molecule has 0 spiro atoms. The molecule has 136 valence electrons. The average molecular weight is 352 g/mol. The maximum absolute atomic E-state index is 11.7. The molecule has 6 nitrogen and oxygen atoms in total. The summed E-state index contributed by atoms with van der Waals surface area (Å²) in [7, 11) is 0. The normalized spacial score (nSPS) is 10.7. The molecule has 2 rings (SSSR count). The van der Waals surface area contributed by atoms with Gasteiger partial charge < -0.3 is 20.1 Å². The molecule has 0 aliphatic heterocycles. The quantitative estimate of drug-likeness (QED) is 0.734. The predicted molar refractivity (Wildman–Crippen MR) is 101 cm³/mol. The van der Waals surface area contributed by atoms with Gasteiger partial charge in [0, 0.05) is 30.6 Å². The van der Waals surface area contributed by atoms with Crippen molar-refractivity contribution in [3.05, 3.63) is 59.7 Å². The summed E-state index contributed by atoms with van der Waals surface area (Å²) < 4.78 is 0. The zero-order valence-corrected chi connectivity index (χ0v) is 14.9. The van der Waals surface area contributed by atoms with Crippen molar-refractivity contribution < 1.29 is 14.7 Å². The van der Waals surface area contributed by atoms with Gasteiger partial charge in [0.05, 0.1) is 18.2 Å². The Kier molecular flexibility index (Phi) is 6.91. The van der Waals surface area contributed by atoms with E-state index >= 15 is 0 Å².